The van der Waals surface area contributed by atoms with Crippen molar-refractivity contribution in [3.63, 3.8) is 0 Å². The van der Waals surface area contributed by atoms with Gasteiger partial charge in [0.1, 0.15) is 11.3 Å². The van der Waals surface area contributed by atoms with E-state index in [0.29, 0.717) is 11.2 Å². The third-order valence-corrected chi connectivity index (χ3v) is 2.71. The van der Waals surface area contributed by atoms with Gasteiger partial charge in [0.05, 0.1) is 13.3 Å². The van der Waals surface area contributed by atoms with Crippen LogP contribution in [0.1, 0.15) is 42.6 Å². The number of hydrogen-bond donors (Lipinski definition) is 0. The number of carbonyl (C=O) groups excluding carboxylic acids is 1. The summed E-state index contributed by atoms with van der Waals surface area (Å²) in [4.78, 5) is 19.8. The van der Waals surface area contributed by atoms with E-state index in [1.54, 1.807) is 0 Å². The van der Waals surface area contributed by atoms with Crippen molar-refractivity contribution in [1.82, 2.24) is 9.97 Å². The number of fused-ring (bicyclic) bond motifs is 1. The molecule has 0 fully saturated rings. The zero-order valence-electron chi connectivity index (χ0n) is 11.2. The number of carbonyl (C=O) groups is 1. The molecule has 0 radical (unpaired) electrons. The number of rotatable bonds is 1. The van der Waals surface area contributed by atoms with Gasteiger partial charge in [-0.2, -0.15) is 0 Å². The van der Waals surface area contributed by atoms with Crippen molar-refractivity contribution in [2.75, 3.05) is 7.11 Å². The fourth-order valence-corrected chi connectivity index (χ4v) is 1.90. The Bertz CT molecular complexity index is 608. The van der Waals surface area contributed by atoms with E-state index in [4.69, 9.17) is 4.42 Å². The first kappa shape index (κ1) is 12.5. The van der Waals surface area contributed by atoms with Gasteiger partial charge in [-0.05, 0) is 6.92 Å². The predicted molar refractivity (Wildman–Crippen MR) is 66.6 cm³/mol. The third-order valence-electron chi connectivity index (χ3n) is 2.71. The summed E-state index contributed by atoms with van der Waals surface area (Å²) in [6, 6.07) is 0. The highest BCUT2D eigenvalue weighted by molar-refractivity contribution is 5.89. The van der Waals surface area contributed by atoms with Crippen molar-refractivity contribution < 1.29 is 13.9 Å². The van der Waals surface area contributed by atoms with Crippen LogP contribution in [-0.2, 0) is 10.2 Å². The molecule has 0 aromatic carbocycles. The Balaban J connectivity index is 2.64. The first-order valence-corrected chi connectivity index (χ1v) is 5.69. The molecule has 0 saturated carbocycles. The molecule has 0 aliphatic rings. The minimum Gasteiger partial charge on any atom is -0.464 e. The molecule has 2 aromatic rings. The zero-order chi connectivity index (χ0) is 13.5. The standard InChI is InChI=1S/C13H16N2O3/c1-7-9-11(18-10(7)13(2,3)4)14-6-8(15-9)12(16)17-5/h6H,1-5H3. The average Bonchev–Trinajstić information content (AvgIpc) is 2.65. The Morgan fingerprint density at radius 1 is 1.39 bits per heavy atom. The van der Waals surface area contributed by atoms with Gasteiger partial charge in [-0.1, -0.05) is 20.8 Å². The maximum absolute atomic E-state index is 11.4. The van der Waals surface area contributed by atoms with Crippen LogP contribution in [0.3, 0.4) is 0 Å². The number of hydrogen-bond acceptors (Lipinski definition) is 5. The molecule has 5 nitrogen and oxygen atoms in total. The van der Waals surface area contributed by atoms with Gasteiger partial charge in [0, 0.05) is 11.0 Å². The highest BCUT2D eigenvalue weighted by Gasteiger charge is 2.25. The van der Waals surface area contributed by atoms with Crippen LogP contribution in [0.2, 0.25) is 0 Å². The molecular weight excluding hydrogens is 232 g/mol. The number of esters is 1. The maximum Gasteiger partial charge on any atom is 0.358 e. The summed E-state index contributed by atoms with van der Waals surface area (Å²) in [5.74, 6) is 0.335. The van der Waals surface area contributed by atoms with E-state index < -0.39 is 5.97 Å². The monoisotopic (exact) mass is 248 g/mol. The van der Waals surface area contributed by atoms with E-state index in [1.165, 1.54) is 13.3 Å². The minimum atomic E-state index is -0.498. The van der Waals surface area contributed by atoms with Crippen LogP contribution >= 0.6 is 0 Å². The van der Waals surface area contributed by atoms with E-state index in [-0.39, 0.29) is 11.1 Å². The summed E-state index contributed by atoms with van der Waals surface area (Å²) in [6.45, 7) is 8.08. The summed E-state index contributed by atoms with van der Waals surface area (Å²) in [5, 5.41) is 0. The quantitative estimate of drug-likeness (QED) is 0.726. The first-order chi connectivity index (χ1) is 8.34. The first-order valence-electron chi connectivity index (χ1n) is 5.69. The van der Waals surface area contributed by atoms with Gasteiger partial charge < -0.3 is 9.15 Å². The molecule has 96 valence electrons. The van der Waals surface area contributed by atoms with Crippen LogP contribution in [-0.4, -0.2) is 23.0 Å². The molecule has 0 amide bonds. The molecule has 0 bridgehead atoms. The van der Waals surface area contributed by atoms with Crippen molar-refractivity contribution in [3.05, 3.63) is 23.2 Å². The molecule has 5 heteroatoms. The number of nitrogens with zero attached hydrogens (tertiary/aromatic N) is 2. The van der Waals surface area contributed by atoms with Crippen LogP contribution < -0.4 is 0 Å². The van der Waals surface area contributed by atoms with Crippen molar-refractivity contribution >= 4 is 17.2 Å². The molecular formula is C13H16N2O3. The molecule has 2 heterocycles. The fourth-order valence-electron chi connectivity index (χ4n) is 1.90. The van der Waals surface area contributed by atoms with Gasteiger partial charge in [0.25, 0.3) is 0 Å². The van der Waals surface area contributed by atoms with E-state index in [9.17, 15) is 4.79 Å². The van der Waals surface area contributed by atoms with Crippen LogP contribution in [0.25, 0.3) is 11.2 Å². The second kappa shape index (κ2) is 4.08. The summed E-state index contributed by atoms with van der Waals surface area (Å²) >= 11 is 0. The highest BCUT2D eigenvalue weighted by Crippen LogP contribution is 2.31. The average molecular weight is 248 g/mol. The third kappa shape index (κ3) is 1.96. The van der Waals surface area contributed by atoms with Crippen molar-refractivity contribution in [2.24, 2.45) is 0 Å². The molecule has 18 heavy (non-hydrogen) atoms. The SMILES string of the molecule is COC(=O)c1cnc2oc(C(C)(C)C)c(C)c2n1. The lowest BCUT2D eigenvalue weighted by Gasteiger charge is -2.15. The Morgan fingerprint density at radius 2 is 2.06 bits per heavy atom. The fraction of sp³-hybridized carbons (Fsp3) is 0.462. The molecule has 0 aliphatic heterocycles. The summed E-state index contributed by atoms with van der Waals surface area (Å²) < 4.78 is 10.3. The van der Waals surface area contributed by atoms with Gasteiger partial charge in [-0.3, -0.25) is 0 Å². The lowest BCUT2D eigenvalue weighted by atomic mass is 9.91. The Labute approximate surface area is 105 Å². The van der Waals surface area contributed by atoms with Gasteiger partial charge in [0.2, 0.25) is 5.71 Å². The van der Waals surface area contributed by atoms with E-state index in [2.05, 4.69) is 35.5 Å². The van der Waals surface area contributed by atoms with Crippen LogP contribution in [0.15, 0.2) is 10.6 Å². The normalized spacial score (nSPS) is 11.8. The van der Waals surface area contributed by atoms with Crippen LogP contribution in [0, 0.1) is 6.92 Å². The molecule has 0 N–H and O–H groups in total. The Kier molecular flexibility index (Phi) is 2.84. The second-order valence-corrected chi connectivity index (χ2v) is 5.21. The summed E-state index contributed by atoms with van der Waals surface area (Å²) in [7, 11) is 1.32. The Morgan fingerprint density at radius 3 is 2.61 bits per heavy atom. The molecule has 0 atom stereocenters. The number of furan rings is 1. The molecule has 2 rings (SSSR count). The van der Waals surface area contributed by atoms with Crippen molar-refractivity contribution in [2.45, 2.75) is 33.1 Å². The molecule has 0 saturated heterocycles. The topological polar surface area (TPSA) is 65.2 Å². The number of methoxy groups -OCH3 is 1. The smallest absolute Gasteiger partial charge is 0.358 e. The van der Waals surface area contributed by atoms with Crippen LogP contribution in [0.4, 0.5) is 0 Å². The largest absolute Gasteiger partial charge is 0.464 e. The number of aryl methyl sites for hydroxylation is 1. The van der Waals surface area contributed by atoms with E-state index in [0.717, 1.165) is 11.3 Å². The summed E-state index contributed by atoms with van der Waals surface area (Å²) in [6.07, 6.45) is 1.36. The molecule has 0 spiro atoms. The lowest BCUT2D eigenvalue weighted by molar-refractivity contribution is 0.0594. The van der Waals surface area contributed by atoms with E-state index in [1.807, 2.05) is 6.92 Å². The minimum absolute atomic E-state index is 0.127. The molecule has 0 unspecified atom stereocenters. The van der Waals surface area contributed by atoms with E-state index >= 15 is 0 Å². The number of ether oxygens (including phenoxy) is 1. The highest BCUT2D eigenvalue weighted by atomic mass is 16.5. The molecule has 2 aromatic heterocycles. The second-order valence-electron chi connectivity index (χ2n) is 5.21. The van der Waals surface area contributed by atoms with Crippen molar-refractivity contribution in [3.8, 4) is 0 Å². The van der Waals surface area contributed by atoms with Gasteiger partial charge in [-0.25, -0.2) is 14.8 Å². The molecule has 0 aliphatic carbocycles. The lowest BCUT2D eigenvalue weighted by Crippen LogP contribution is -2.11. The summed E-state index contributed by atoms with van der Waals surface area (Å²) in [5.41, 5.74) is 2.04. The maximum atomic E-state index is 11.4. The van der Waals surface area contributed by atoms with Gasteiger partial charge in [-0.15, -0.1) is 0 Å². The van der Waals surface area contributed by atoms with Crippen LogP contribution in [0.5, 0.6) is 0 Å². The zero-order valence-corrected chi connectivity index (χ0v) is 11.2. The predicted octanol–water partition coefficient (Wildman–Crippen LogP) is 2.62. The Hall–Kier alpha value is -1.91. The van der Waals surface area contributed by atoms with Gasteiger partial charge >= 0.3 is 5.97 Å². The number of aromatic nitrogens is 2. The van der Waals surface area contributed by atoms with Gasteiger partial charge in [0.15, 0.2) is 5.69 Å². The van der Waals surface area contributed by atoms with Crippen molar-refractivity contribution in [1.29, 1.82) is 0 Å².